The lowest BCUT2D eigenvalue weighted by Gasteiger charge is -1.97. The van der Waals surface area contributed by atoms with Crippen molar-refractivity contribution in [2.45, 2.75) is 6.42 Å². The quantitative estimate of drug-likeness (QED) is 0.735. The number of aliphatic hydroxyl groups is 1. The van der Waals surface area contributed by atoms with Crippen LogP contribution in [0.3, 0.4) is 0 Å². The first kappa shape index (κ1) is 8.57. The van der Waals surface area contributed by atoms with Crippen molar-refractivity contribution < 1.29 is 5.11 Å². The van der Waals surface area contributed by atoms with E-state index in [2.05, 4.69) is 0 Å². The summed E-state index contributed by atoms with van der Waals surface area (Å²) in [4.78, 5) is 0. The molecule has 0 saturated heterocycles. The molecule has 0 aromatic heterocycles. The van der Waals surface area contributed by atoms with Crippen molar-refractivity contribution in [3.8, 4) is 0 Å². The van der Waals surface area contributed by atoms with Crippen LogP contribution in [0.15, 0.2) is 24.3 Å². The smallest absolute Gasteiger partial charge is 0.0466 e. The maximum Gasteiger partial charge on any atom is 0.0466 e. The van der Waals surface area contributed by atoms with Gasteiger partial charge in [0.2, 0.25) is 0 Å². The molecule has 1 N–H and O–H groups in total. The normalized spacial score (nSPS) is 10.0. The van der Waals surface area contributed by atoms with Crippen LogP contribution in [0.25, 0.3) is 0 Å². The number of aliphatic hydroxyl groups excluding tert-OH is 1. The summed E-state index contributed by atoms with van der Waals surface area (Å²) >= 11 is 5.69. The second kappa shape index (κ2) is 4.37. The Morgan fingerprint density at radius 2 is 1.91 bits per heavy atom. The average Bonchev–Trinajstić information content (AvgIpc) is 2.04. The van der Waals surface area contributed by atoms with E-state index in [4.69, 9.17) is 16.7 Å². The number of halogens is 1. The van der Waals surface area contributed by atoms with Gasteiger partial charge in [-0.15, -0.1) is 0 Å². The first-order valence-electron chi connectivity index (χ1n) is 3.50. The van der Waals surface area contributed by atoms with Gasteiger partial charge < -0.3 is 5.11 Å². The van der Waals surface area contributed by atoms with E-state index in [0.29, 0.717) is 0 Å². The van der Waals surface area contributed by atoms with Crippen LogP contribution in [0.1, 0.15) is 5.56 Å². The lowest BCUT2D eigenvalue weighted by Crippen LogP contribution is -1.89. The number of hydrogen-bond donors (Lipinski definition) is 1. The van der Waals surface area contributed by atoms with Crippen LogP contribution in [-0.4, -0.2) is 11.7 Å². The molecule has 0 aliphatic heterocycles. The summed E-state index contributed by atoms with van der Waals surface area (Å²) in [5.74, 6) is 0. The lowest BCUT2D eigenvalue weighted by atomic mass is 10.1. The minimum Gasteiger partial charge on any atom is -0.396 e. The van der Waals surface area contributed by atoms with Gasteiger partial charge in [-0.25, -0.2) is 0 Å². The van der Waals surface area contributed by atoms with E-state index in [0.717, 1.165) is 11.4 Å². The molecular weight excluding hydrogens is 160 g/mol. The number of hydrogen-bond acceptors (Lipinski definition) is 1. The first-order valence-corrected chi connectivity index (χ1v) is 3.87. The van der Waals surface area contributed by atoms with E-state index in [1.165, 1.54) is 5.56 Å². The standard InChI is InChI=1S/C9H10ClO/c10-9-5-3-8(4-6-9)2-1-7-11/h1,3-6,11H,2,7H2. The van der Waals surface area contributed by atoms with E-state index in [-0.39, 0.29) is 6.61 Å². The molecule has 0 heterocycles. The zero-order valence-corrected chi connectivity index (χ0v) is 6.88. The summed E-state index contributed by atoms with van der Waals surface area (Å²) < 4.78 is 0. The summed E-state index contributed by atoms with van der Waals surface area (Å²) in [6.45, 7) is 0.128. The molecular formula is C9H10ClO. The molecule has 0 spiro atoms. The van der Waals surface area contributed by atoms with Crippen molar-refractivity contribution in [1.82, 2.24) is 0 Å². The van der Waals surface area contributed by atoms with Crippen molar-refractivity contribution in [2.75, 3.05) is 6.61 Å². The van der Waals surface area contributed by atoms with Crippen molar-refractivity contribution in [3.63, 3.8) is 0 Å². The van der Waals surface area contributed by atoms with Gasteiger partial charge in [0.25, 0.3) is 0 Å². The third-order valence-electron chi connectivity index (χ3n) is 1.42. The monoisotopic (exact) mass is 169 g/mol. The molecule has 1 aromatic carbocycles. The Morgan fingerprint density at radius 3 is 2.45 bits per heavy atom. The van der Waals surface area contributed by atoms with Crippen LogP contribution < -0.4 is 0 Å². The van der Waals surface area contributed by atoms with E-state index in [1.54, 1.807) is 0 Å². The van der Waals surface area contributed by atoms with Gasteiger partial charge in [-0.2, -0.15) is 0 Å². The van der Waals surface area contributed by atoms with Gasteiger partial charge in [-0.3, -0.25) is 0 Å². The molecule has 0 fully saturated rings. The molecule has 1 rings (SSSR count). The Bertz CT molecular complexity index is 205. The summed E-state index contributed by atoms with van der Waals surface area (Å²) in [5.41, 5.74) is 1.17. The van der Waals surface area contributed by atoms with Gasteiger partial charge >= 0.3 is 0 Å². The molecule has 0 atom stereocenters. The molecule has 59 valence electrons. The van der Waals surface area contributed by atoms with Crippen molar-refractivity contribution >= 4 is 11.6 Å². The molecule has 0 unspecified atom stereocenters. The number of benzene rings is 1. The minimum atomic E-state index is 0.128. The topological polar surface area (TPSA) is 20.2 Å². The predicted molar refractivity (Wildman–Crippen MR) is 46.5 cm³/mol. The molecule has 1 radical (unpaired) electrons. The Labute approximate surface area is 71.6 Å². The summed E-state index contributed by atoms with van der Waals surface area (Å²) in [6.07, 6.45) is 2.61. The second-order valence-electron chi connectivity index (χ2n) is 2.30. The van der Waals surface area contributed by atoms with E-state index in [1.807, 2.05) is 30.7 Å². The molecule has 0 aliphatic carbocycles. The molecule has 0 saturated carbocycles. The van der Waals surface area contributed by atoms with Crippen LogP contribution in [0, 0.1) is 6.42 Å². The summed E-state index contributed by atoms with van der Waals surface area (Å²) in [5, 5.41) is 9.25. The molecule has 2 heteroatoms. The maximum atomic E-state index is 8.50. The van der Waals surface area contributed by atoms with Crippen LogP contribution in [0.5, 0.6) is 0 Å². The van der Waals surface area contributed by atoms with Crippen molar-refractivity contribution in [3.05, 3.63) is 41.3 Å². The zero-order chi connectivity index (χ0) is 8.10. The summed E-state index contributed by atoms with van der Waals surface area (Å²) in [7, 11) is 0. The first-order chi connectivity index (χ1) is 5.33. The molecule has 1 nitrogen and oxygen atoms in total. The largest absolute Gasteiger partial charge is 0.396 e. The highest BCUT2D eigenvalue weighted by Crippen LogP contribution is 2.10. The highest BCUT2D eigenvalue weighted by atomic mass is 35.5. The van der Waals surface area contributed by atoms with Gasteiger partial charge in [-0.05, 0) is 30.5 Å². The Hall–Kier alpha value is -0.530. The van der Waals surface area contributed by atoms with Crippen LogP contribution in [0.2, 0.25) is 5.02 Å². The van der Waals surface area contributed by atoms with Crippen LogP contribution in [0.4, 0.5) is 0 Å². The maximum absolute atomic E-state index is 8.50. The molecule has 0 bridgehead atoms. The van der Waals surface area contributed by atoms with E-state index < -0.39 is 0 Å². The fraction of sp³-hybridized carbons (Fsp3) is 0.222. The van der Waals surface area contributed by atoms with Crippen LogP contribution >= 0.6 is 11.6 Å². The minimum absolute atomic E-state index is 0.128. The number of rotatable bonds is 3. The third kappa shape index (κ3) is 2.91. The average molecular weight is 170 g/mol. The zero-order valence-electron chi connectivity index (χ0n) is 6.13. The van der Waals surface area contributed by atoms with E-state index >= 15 is 0 Å². The second-order valence-corrected chi connectivity index (χ2v) is 2.74. The Balaban J connectivity index is 2.52. The van der Waals surface area contributed by atoms with Gasteiger partial charge in [-0.1, -0.05) is 23.7 Å². The Kier molecular flexibility index (Phi) is 3.40. The SMILES string of the molecule is OC[CH]Cc1ccc(Cl)cc1. The highest BCUT2D eigenvalue weighted by Gasteiger charge is 1.91. The van der Waals surface area contributed by atoms with Gasteiger partial charge in [0, 0.05) is 11.6 Å². The van der Waals surface area contributed by atoms with Crippen molar-refractivity contribution in [2.24, 2.45) is 0 Å². The van der Waals surface area contributed by atoms with Gasteiger partial charge in [0.1, 0.15) is 0 Å². The highest BCUT2D eigenvalue weighted by molar-refractivity contribution is 6.30. The van der Waals surface area contributed by atoms with Crippen LogP contribution in [-0.2, 0) is 6.42 Å². The molecule has 11 heavy (non-hydrogen) atoms. The molecule has 0 aliphatic rings. The van der Waals surface area contributed by atoms with Gasteiger partial charge in [0.05, 0.1) is 0 Å². The van der Waals surface area contributed by atoms with Crippen molar-refractivity contribution in [1.29, 1.82) is 0 Å². The van der Waals surface area contributed by atoms with Gasteiger partial charge in [0.15, 0.2) is 0 Å². The van der Waals surface area contributed by atoms with E-state index in [9.17, 15) is 0 Å². The fourth-order valence-electron chi connectivity index (χ4n) is 0.852. The summed E-state index contributed by atoms with van der Waals surface area (Å²) in [6, 6.07) is 7.60. The lowest BCUT2D eigenvalue weighted by molar-refractivity contribution is 0.325. The third-order valence-corrected chi connectivity index (χ3v) is 1.67. The molecule has 0 amide bonds. The molecule has 1 aromatic rings. The predicted octanol–water partition coefficient (Wildman–Crippen LogP) is 2.08. The Morgan fingerprint density at radius 1 is 1.27 bits per heavy atom. The fourth-order valence-corrected chi connectivity index (χ4v) is 0.978.